The molecule has 0 saturated heterocycles. The van der Waals surface area contributed by atoms with Crippen molar-refractivity contribution >= 4 is 34.3 Å². The van der Waals surface area contributed by atoms with Crippen molar-refractivity contribution in [3.8, 4) is 11.3 Å². The molecular formula is C23H17ClN4O2. The molecule has 0 saturated carbocycles. The molecule has 2 amide bonds. The third kappa shape index (κ3) is 4.14. The highest BCUT2D eigenvalue weighted by Crippen LogP contribution is 2.25. The number of carbonyl (C=O) groups excluding carboxylic acids is 2. The lowest BCUT2D eigenvalue weighted by molar-refractivity contribution is 0.0847. The maximum atomic E-state index is 12.9. The summed E-state index contributed by atoms with van der Waals surface area (Å²) < 4.78 is 0. The van der Waals surface area contributed by atoms with Crippen LogP contribution in [0.4, 0.5) is 0 Å². The summed E-state index contributed by atoms with van der Waals surface area (Å²) in [4.78, 5) is 33.7. The first kappa shape index (κ1) is 19.5. The van der Waals surface area contributed by atoms with Crippen molar-refractivity contribution < 1.29 is 9.59 Å². The van der Waals surface area contributed by atoms with Gasteiger partial charge in [0.15, 0.2) is 0 Å². The second-order valence-electron chi connectivity index (χ2n) is 6.72. The van der Waals surface area contributed by atoms with Gasteiger partial charge in [-0.15, -0.1) is 0 Å². The van der Waals surface area contributed by atoms with Gasteiger partial charge in [0.2, 0.25) is 0 Å². The van der Waals surface area contributed by atoms with Gasteiger partial charge in [-0.3, -0.25) is 20.4 Å². The minimum absolute atomic E-state index is 0.277. The standard InChI is InChI=1S/C23H17ClN4O2/c1-14-6-8-15(9-7-14)20-12-18(17-4-2-3-5-19(17)26-20)23(30)28-27-22(29)16-10-11-21(24)25-13-16/h2-13H,1H3,(H,27,29)(H,28,30). The molecule has 0 aliphatic heterocycles. The first-order chi connectivity index (χ1) is 14.5. The Morgan fingerprint density at radius 2 is 1.63 bits per heavy atom. The van der Waals surface area contributed by atoms with Crippen LogP contribution in [0.3, 0.4) is 0 Å². The Bertz CT molecular complexity index is 1240. The molecule has 2 N–H and O–H groups in total. The Morgan fingerprint density at radius 3 is 2.37 bits per heavy atom. The number of rotatable bonds is 3. The third-order valence-corrected chi connectivity index (χ3v) is 4.81. The molecule has 7 heteroatoms. The average molecular weight is 417 g/mol. The first-order valence-electron chi connectivity index (χ1n) is 9.20. The third-order valence-electron chi connectivity index (χ3n) is 4.59. The largest absolute Gasteiger partial charge is 0.271 e. The fraction of sp³-hybridized carbons (Fsp3) is 0.0435. The Labute approximate surface area is 177 Å². The van der Waals surface area contributed by atoms with Crippen molar-refractivity contribution in [3.63, 3.8) is 0 Å². The van der Waals surface area contributed by atoms with Gasteiger partial charge in [0.25, 0.3) is 11.8 Å². The van der Waals surface area contributed by atoms with Gasteiger partial charge >= 0.3 is 0 Å². The van der Waals surface area contributed by atoms with Crippen molar-refractivity contribution in [2.24, 2.45) is 0 Å². The number of carbonyl (C=O) groups is 2. The van der Waals surface area contributed by atoms with Crippen LogP contribution in [0.2, 0.25) is 5.15 Å². The van der Waals surface area contributed by atoms with Crippen LogP contribution in [-0.2, 0) is 0 Å². The number of pyridine rings is 2. The van der Waals surface area contributed by atoms with Crippen LogP contribution in [0.15, 0.2) is 72.9 Å². The van der Waals surface area contributed by atoms with Crippen LogP contribution >= 0.6 is 11.6 Å². The Morgan fingerprint density at radius 1 is 0.900 bits per heavy atom. The van der Waals surface area contributed by atoms with E-state index in [0.717, 1.165) is 11.1 Å². The molecule has 2 heterocycles. The summed E-state index contributed by atoms with van der Waals surface area (Å²) in [6, 6.07) is 20.0. The Kier molecular flexibility index (Phi) is 5.41. The Balaban J connectivity index is 1.63. The lowest BCUT2D eigenvalue weighted by Crippen LogP contribution is -2.41. The van der Waals surface area contributed by atoms with E-state index in [4.69, 9.17) is 11.6 Å². The first-order valence-corrected chi connectivity index (χ1v) is 9.58. The number of benzene rings is 2. The molecule has 6 nitrogen and oxygen atoms in total. The summed E-state index contributed by atoms with van der Waals surface area (Å²) in [7, 11) is 0. The highest BCUT2D eigenvalue weighted by atomic mass is 35.5. The van der Waals surface area contributed by atoms with Crippen molar-refractivity contribution in [2.45, 2.75) is 6.92 Å². The molecule has 4 rings (SSSR count). The van der Waals surface area contributed by atoms with Gasteiger partial charge in [-0.25, -0.2) is 9.97 Å². The van der Waals surface area contributed by atoms with Gasteiger partial charge in [-0.1, -0.05) is 59.6 Å². The van der Waals surface area contributed by atoms with E-state index < -0.39 is 11.8 Å². The fourth-order valence-electron chi connectivity index (χ4n) is 3.00. The highest BCUT2D eigenvalue weighted by Gasteiger charge is 2.15. The van der Waals surface area contributed by atoms with E-state index in [1.807, 2.05) is 55.5 Å². The molecule has 2 aromatic heterocycles. The number of nitrogens with one attached hydrogen (secondary N) is 2. The molecular weight excluding hydrogens is 400 g/mol. The molecule has 30 heavy (non-hydrogen) atoms. The number of nitrogens with zero attached hydrogens (tertiary/aromatic N) is 2. The quantitative estimate of drug-likeness (QED) is 0.384. The fourth-order valence-corrected chi connectivity index (χ4v) is 3.11. The summed E-state index contributed by atoms with van der Waals surface area (Å²) in [5.41, 5.74) is 8.95. The van der Waals surface area contributed by atoms with Crippen molar-refractivity contribution in [3.05, 3.63) is 94.8 Å². The predicted octanol–water partition coefficient (Wildman–Crippen LogP) is 4.33. The maximum Gasteiger partial charge on any atom is 0.271 e. The van der Waals surface area contributed by atoms with E-state index >= 15 is 0 Å². The van der Waals surface area contributed by atoms with E-state index in [0.29, 0.717) is 22.2 Å². The van der Waals surface area contributed by atoms with Crippen LogP contribution in [0.5, 0.6) is 0 Å². The number of hydrogen-bond donors (Lipinski definition) is 2. The van der Waals surface area contributed by atoms with Crippen LogP contribution in [0, 0.1) is 6.92 Å². The molecule has 148 valence electrons. The van der Waals surface area contributed by atoms with Crippen LogP contribution < -0.4 is 10.9 Å². The summed E-state index contributed by atoms with van der Waals surface area (Å²) in [6.45, 7) is 2.01. The number of para-hydroxylation sites is 1. The molecule has 0 aliphatic carbocycles. The van der Waals surface area contributed by atoms with E-state index in [1.165, 1.54) is 18.3 Å². The Hall–Kier alpha value is -3.77. The number of hydrazine groups is 1. The predicted molar refractivity (Wildman–Crippen MR) is 116 cm³/mol. The SMILES string of the molecule is Cc1ccc(-c2cc(C(=O)NNC(=O)c3ccc(Cl)nc3)c3ccccc3n2)cc1. The highest BCUT2D eigenvalue weighted by molar-refractivity contribution is 6.29. The molecule has 0 bridgehead atoms. The molecule has 2 aromatic carbocycles. The lowest BCUT2D eigenvalue weighted by atomic mass is 10.0. The summed E-state index contributed by atoms with van der Waals surface area (Å²) in [5, 5.41) is 0.968. The van der Waals surface area contributed by atoms with E-state index in [2.05, 4.69) is 20.8 Å². The summed E-state index contributed by atoms with van der Waals surface area (Å²) in [6.07, 6.45) is 1.33. The molecule has 0 atom stereocenters. The average Bonchev–Trinajstić information content (AvgIpc) is 2.77. The van der Waals surface area contributed by atoms with Gasteiger partial charge < -0.3 is 0 Å². The number of amides is 2. The van der Waals surface area contributed by atoms with Crippen LogP contribution in [0.1, 0.15) is 26.3 Å². The van der Waals surface area contributed by atoms with Gasteiger partial charge in [0, 0.05) is 17.1 Å². The molecule has 0 unspecified atom stereocenters. The van der Waals surface area contributed by atoms with Crippen molar-refractivity contribution in [1.29, 1.82) is 0 Å². The monoisotopic (exact) mass is 416 g/mol. The molecule has 4 aromatic rings. The zero-order chi connectivity index (χ0) is 21.1. The van der Waals surface area contributed by atoms with Gasteiger partial charge in [-0.2, -0.15) is 0 Å². The minimum Gasteiger partial charge on any atom is -0.267 e. The number of aromatic nitrogens is 2. The van der Waals surface area contributed by atoms with E-state index in [-0.39, 0.29) is 10.7 Å². The summed E-state index contributed by atoms with van der Waals surface area (Å²) >= 11 is 5.73. The van der Waals surface area contributed by atoms with Crippen molar-refractivity contribution in [2.75, 3.05) is 0 Å². The zero-order valence-electron chi connectivity index (χ0n) is 16.0. The smallest absolute Gasteiger partial charge is 0.267 e. The topological polar surface area (TPSA) is 84.0 Å². The molecule has 0 fully saturated rings. The van der Waals surface area contributed by atoms with Gasteiger partial charge in [0.05, 0.1) is 22.3 Å². The number of fused-ring (bicyclic) bond motifs is 1. The molecule has 0 spiro atoms. The number of aryl methyl sites for hydroxylation is 1. The second kappa shape index (κ2) is 8.31. The van der Waals surface area contributed by atoms with Gasteiger partial charge in [-0.05, 0) is 31.2 Å². The number of halogens is 1. The summed E-state index contributed by atoms with van der Waals surface area (Å²) in [5.74, 6) is -0.943. The normalized spacial score (nSPS) is 10.6. The van der Waals surface area contributed by atoms with Gasteiger partial charge in [0.1, 0.15) is 5.15 Å². The second-order valence-corrected chi connectivity index (χ2v) is 7.10. The maximum absolute atomic E-state index is 12.9. The van der Waals surface area contributed by atoms with Crippen LogP contribution in [0.25, 0.3) is 22.2 Å². The van der Waals surface area contributed by atoms with E-state index in [9.17, 15) is 9.59 Å². The minimum atomic E-state index is -0.496. The molecule has 0 aliphatic rings. The lowest BCUT2D eigenvalue weighted by Gasteiger charge is -2.11. The van der Waals surface area contributed by atoms with E-state index in [1.54, 1.807) is 6.07 Å². The zero-order valence-corrected chi connectivity index (χ0v) is 16.8. The van der Waals surface area contributed by atoms with Crippen LogP contribution in [-0.4, -0.2) is 21.8 Å². The molecule has 0 radical (unpaired) electrons. The van der Waals surface area contributed by atoms with Crippen molar-refractivity contribution in [1.82, 2.24) is 20.8 Å². The number of hydrogen-bond acceptors (Lipinski definition) is 4.